The third-order valence-corrected chi connectivity index (χ3v) is 4.91. The molecule has 0 rings (SSSR count). The van der Waals surface area contributed by atoms with Gasteiger partial charge in [0.15, 0.2) is 0 Å². The predicted octanol–water partition coefficient (Wildman–Crippen LogP) is 5.36. The van der Waals surface area contributed by atoms with Gasteiger partial charge >= 0.3 is 12.7 Å². The van der Waals surface area contributed by atoms with Crippen LogP contribution < -0.4 is 0 Å². The molecule has 0 bridgehead atoms. The zero-order valence-electron chi connectivity index (χ0n) is 18.4. The molecule has 0 saturated heterocycles. The van der Waals surface area contributed by atoms with Gasteiger partial charge in [-0.2, -0.15) is 0 Å². The van der Waals surface area contributed by atoms with Gasteiger partial charge in [0.2, 0.25) is 0 Å². The summed E-state index contributed by atoms with van der Waals surface area (Å²) in [4.78, 5) is 30.1. The molecule has 0 heterocycles. The fraction of sp³-hybridized carbons (Fsp3) is 0.682. The van der Waals surface area contributed by atoms with Crippen LogP contribution in [0.5, 0.6) is 0 Å². The van der Waals surface area contributed by atoms with Crippen LogP contribution in [0.4, 0.5) is 0 Å². The van der Waals surface area contributed by atoms with Crippen LogP contribution in [-0.2, 0) is 30.6 Å². The molecule has 0 aliphatic rings. The lowest BCUT2D eigenvalue weighted by molar-refractivity contribution is -0.153. The lowest BCUT2D eigenvalue weighted by Crippen LogP contribution is -2.27. The van der Waals surface area contributed by atoms with Crippen molar-refractivity contribution in [2.75, 3.05) is 20.3 Å². The van der Waals surface area contributed by atoms with Gasteiger partial charge in [-0.15, -0.1) is 0 Å². The van der Waals surface area contributed by atoms with Gasteiger partial charge in [-0.3, -0.25) is 4.79 Å². The molecule has 8 heteroatoms. The molecule has 0 aliphatic heterocycles. The first-order valence-electron chi connectivity index (χ1n) is 10.7. The maximum atomic E-state index is 11.9. The fourth-order valence-electron chi connectivity index (χ4n) is 2.62. The summed E-state index contributed by atoms with van der Waals surface area (Å²) in [5.41, 5.74) is 0. The lowest BCUT2D eigenvalue weighted by atomic mass is 10.1. The Kier molecular flexibility index (Phi) is 19.6. The monoisotopic (exact) mass is 462 g/mol. The highest BCUT2D eigenvalue weighted by atomic mass is 32.5. The molecular formula is C22H39O6PS. The van der Waals surface area contributed by atoms with E-state index < -0.39 is 12.8 Å². The number of carbonyl (C=O) groups excluding carboxylic acids is 1. The molecule has 0 spiro atoms. The van der Waals surface area contributed by atoms with Crippen LogP contribution in [0, 0.1) is 0 Å². The topological polar surface area (TPSA) is 85.2 Å². The maximum Gasteiger partial charge on any atom is 0.322 e. The molecule has 0 saturated carbocycles. The number of ether oxygens (including phenoxy) is 2. The Morgan fingerprint density at radius 3 is 2.17 bits per heavy atom. The molecule has 1 atom stereocenters. The van der Waals surface area contributed by atoms with Gasteiger partial charge in [-0.25, -0.2) is 0 Å². The van der Waals surface area contributed by atoms with Crippen LogP contribution in [-0.4, -0.2) is 42.2 Å². The highest BCUT2D eigenvalue weighted by Gasteiger charge is 2.18. The van der Waals surface area contributed by atoms with E-state index in [1.807, 2.05) is 0 Å². The summed E-state index contributed by atoms with van der Waals surface area (Å²) < 4.78 is 14.9. The zero-order chi connectivity index (χ0) is 22.5. The summed E-state index contributed by atoms with van der Waals surface area (Å²) in [6.45, 7) is -1.71. The van der Waals surface area contributed by atoms with Gasteiger partial charge in [0.25, 0.3) is 0 Å². The molecule has 30 heavy (non-hydrogen) atoms. The molecule has 0 radical (unpaired) electrons. The lowest BCUT2D eigenvalue weighted by Gasteiger charge is -2.18. The second-order valence-corrected chi connectivity index (χ2v) is 9.62. The summed E-state index contributed by atoms with van der Waals surface area (Å²) in [7, 11) is 1.47. The Balaban J connectivity index is 3.68. The minimum absolute atomic E-state index is 0.111. The summed E-state index contributed by atoms with van der Waals surface area (Å²) in [5.74, 6) is -0.342. The van der Waals surface area contributed by atoms with E-state index in [1.165, 1.54) is 7.11 Å². The van der Waals surface area contributed by atoms with Crippen molar-refractivity contribution < 1.29 is 28.6 Å². The van der Waals surface area contributed by atoms with Crippen LogP contribution in [0.25, 0.3) is 0 Å². The molecular weight excluding hydrogens is 423 g/mol. The van der Waals surface area contributed by atoms with Crippen molar-refractivity contribution in [1.82, 2.24) is 0 Å². The largest absolute Gasteiger partial charge is 0.457 e. The second-order valence-electron chi connectivity index (χ2n) is 6.95. The Labute approximate surface area is 187 Å². The predicted molar refractivity (Wildman–Crippen MR) is 126 cm³/mol. The van der Waals surface area contributed by atoms with Crippen LogP contribution in [0.2, 0.25) is 0 Å². The van der Waals surface area contributed by atoms with Gasteiger partial charge in [-0.05, 0) is 50.3 Å². The van der Waals surface area contributed by atoms with Crippen molar-refractivity contribution in [2.45, 2.75) is 77.2 Å². The molecule has 6 nitrogen and oxygen atoms in total. The molecule has 0 aliphatic carbocycles. The highest BCUT2D eigenvalue weighted by molar-refractivity contribution is 8.06. The first-order valence-corrected chi connectivity index (χ1v) is 13.3. The number of hydrogen-bond donors (Lipinski definition) is 2. The van der Waals surface area contributed by atoms with Gasteiger partial charge in [-0.1, -0.05) is 62.6 Å². The third kappa shape index (κ3) is 21.9. The van der Waals surface area contributed by atoms with E-state index in [-0.39, 0.29) is 19.2 Å². The normalized spacial score (nSPS) is 13.6. The summed E-state index contributed by atoms with van der Waals surface area (Å²) in [6, 6.07) is 0. The van der Waals surface area contributed by atoms with Crippen molar-refractivity contribution in [3.05, 3.63) is 36.5 Å². The van der Waals surface area contributed by atoms with Crippen LogP contribution >= 0.6 is 6.72 Å². The molecule has 174 valence electrons. The Hall–Kier alpha value is -0.820. The average molecular weight is 463 g/mol. The quantitative estimate of drug-likeness (QED) is 0.116. The van der Waals surface area contributed by atoms with Crippen LogP contribution in [0.3, 0.4) is 0 Å². The van der Waals surface area contributed by atoms with E-state index in [2.05, 4.69) is 55.2 Å². The molecule has 0 amide bonds. The van der Waals surface area contributed by atoms with E-state index in [0.717, 1.165) is 57.8 Å². The SMILES string of the molecule is CC/C=C\C/C=C\C/C=C\CCCCCCCC(=O)OC(COC)COP(O)(O)=S. The number of hydrogen-bond acceptors (Lipinski definition) is 5. The van der Waals surface area contributed by atoms with Gasteiger partial charge < -0.3 is 23.8 Å². The van der Waals surface area contributed by atoms with Crippen molar-refractivity contribution >= 4 is 24.5 Å². The Morgan fingerprint density at radius 2 is 1.53 bits per heavy atom. The number of methoxy groups -OCH3 is 1. The molecule has 0 aromatic carbocycles. The average Bonchev–Trinajstić information content (AvgIpc) is 2.68. The Bertz CT molecular complexity index is 556. The first kappa shape index (κ1) is 29.2. The van der Waals surface area contributed by atoms with E-state index in [0.29, 0.717) is 6.42 Å². The van der Waals surface area contributed by atoms with Crippen molar-refractivity contribution in [3.8, 4) is 0 Å². The standard InChI is InChI=1S/C22H39O6PS/c1-3-4-5-6-7-8-9-10-11-12-13-14-15-16-17-18-22(23)28-21(19-26-2)20-27-29(24,25)30/h4-5,7-8,10-11,21H,3,6,9,12-20H2,1-2H3,(H2,24,25,30)/b5-4-,8-7-,11-10-. The molecule has 0 aromatic rings. The molecule has 0 aromatic heterocycles. The number of rotatable bonds is 19. The van der Waals surface area contributed by atoms with Crippen molar-refractivity contribution in [2.24, 2.45) is 0 Å². The van der Waals surface area contributed by atoms with Crippen LogP contribution in [0.1, 0.15) is 71.1 Å². The Morgan fingerprint density at radius 1 is 0.933 bits per heavy atom. The summed E-state index contributed by atoms with van der Waals surface area (Å²) in [5, 5.41) is 0. The number of unbranched alkanes of at least 4 members (excludes halogenated alkanes) is 5. The van der Waals surface area contributed by atoms with Gasteiger partial charge in [0, 0.05) is 13.5 Å². The van der Waals surface area contributed by atoms with E-state index in [1.54, 1.807) is 0 Å². The fourth-order valence-corrected chi connectivity index (χ4v) is 3.16. The first-order chi connectivity index (χ1) is 14.4. The van der Waals surface area contributed by atoms with E-state index in [9.17, 15) is 4.79 Å². The number of allylic oxidation sites excluding steroid dienone is 6. The van der Waals surface area contributed by atoms with Gasteiger partial charge in [0.1, 0.15) is 6.10 Å². The van der Waals surface area contributed by atoms with Gasteiger partial charge in [0.05, 0.1) is 13.2 Å². The molecule has 0 fully saturated rings. The van der Waals surface area contributed by atoms with E-state index >= 15 is 0 Å². The summed E-state index contributed by atoms with van der Waals surface area (Å²) >= 11 is 4.38. The summed E-state index contributed by atoms with van der Waals surface area (Å²) in [6.07, 6.45) is 22.2. The third-order valence-electron chi connectivity index (χ3n) is 4.11. The molecule has 2 N–H and O–H groups in total. The van der Waals surface area contributed by atoms with E-state index in [4.69, 9.17) is 23.8 Å². The van der Waals surface area contributed by atoms with Crippen molar-refractivity contribution in [1.29, 1.82) is 0 Å². The minimum Gasteiger partial charge on any atom is -0.457 e. The zero-order valence-corrected chi connectivity index (χ0v) is 20.1. The highest BCUT2D eigenvalue weighted by Crippen LogP contribution is 2.36. The van der Waals surface area contributed by atoms with Crippen molar-refractivity contribution in [3.63, 3.8) is 0 Å². The smallest absolute Gasteiger partial charge is 0.322 e. The number of carbonyl (C=O) groups is 1. The second kappa shape index (κ2) is 20.1. The number of esters is 1. The minimum atomic E-state index is -3.76. The molecule has 1 unspecified atom stereocenters. The van der Waals surface area contributed by atoms with Crippen LogP contribution in [0.15, 0.2) is 36.5 Å². The maximum absolute atomic E-state index is 11.9.